The fraction of sp³-hybridized carbons (Fsp3) is 0.500. The number of aryl methyl sites for hydroxylation is 1. The average Bonchev–Trinajstić information content (AvgIpc) is 3.02. The number of fused-ring (bicyclic) bond motifs is 1. The summed E-state index contributed by atoms with van der Waals surface area (Å²) in [7, 11) is 1.82. The van der Waals surface area contributed by atoms with Crippen LogP contribution in [0.2, 0.25) is 0 Å². The molecule has 2 aromatic rings. The fourth-order valence-electron chi connectivity index (χ4n) is 4.53. The summed E-state index contributed by atoms with van der Waals surface area (Å²) in [5.74, 6) is -0.260. The van der Waals surface area contributed by atoms with Crippen molar-refractivity contribution in [2.75, 3.05) is 62.0 Å². The van der Waals surface area contributed by atoms with Gasteiger partial charge in [0.05, 0.1) is 25.3 Å². The van der Waals surface area contributed by atoms with E-state index < -0.39 is 0 Å². The van der Waals surface area contributed by atoms with Crippen LogP contribution in [0, 0.1) is 11.3 Å². The minimum Gasteiger partial charge on any atom is -0.378 e. The van der Waals surface area contributed by atoms with Crippen LogP contribution < -0.4 is 15.5 Å². The second-order valence-corrected chi connectivity index (χ2v) is 10.2. The number of thiophene rings is 1. The Labute approximate surface area is 210 Å². The van der Waals surface area contributed by atoms with Gasteiger partial charge in [0.15, 0.2) is 0 Å². The van der Waals surface area contributed by atoms with Gasteiger partial charge >= 0.3 is 0 Å². The lowest BCUT2D eigenvalue weighted by Gasteiger charge is -2.28. The van der Waals surface area contributed by atoms with Crippen molar-refractivity contribution in [1.82, 2.24) is 4.90 Å². The Bertz CT molecular complexity index is 1070. The second kappa shape index (κ2) is 12.2. The maximum Gasteiger partial charge on any atom is 0.238 e. The van der Waals surface area contributed by atoms with E-state index in [9.17, 15) is 14.9 Å². The maximum atomic E-state index is 12.6. The first kappa shape index (κ1) is 25.2. The number of nitrogens with zero attached hydrogens (tertiary/aromatic N) is 3. The standard InChI is InChI=1S/C26H33N5O3S/c1-30(18-25(33)28-19-7-9-20(10-8-19)31-13-15-34-16-14-31)12-11-24(32)29-26-22(17-27)21-5-3-2-4-6-23(21)35-26/h7-10H,2-6,11-16,18H2,1H3,(H,28,33)(H,29,32). The van der Waals surface area contributed by atoms with Crippen LogP contribution >= 0.6 is 11.3 Å². The number of nitrogens with one attached hydrogen (secondary N) is 2. The van der Waals surface area contributed by atoms with Crippen LogP contribution in [0.3, 0.4) is 0 Å². The van der Waals surface area contributed by atoms with E-state index in [0.29, 0.717) is 17.1 Å². The Morgan fingerprint density at radius 3 is 2.57 bits per heavy atom. The number of hydrogen-bond acceptors (Lipinski definition) is 7. The van der Waals surface area contributed by atoms with Crippen LogP contribution in [-0.2, 0) is 27.2 Å². The summed E-state index contributed by atoms with van der Waals surface area (Å²) < 4.78 is 5.39. The van der Waals surface area contributed by atoms with Crippen LogP contribution in [0.15, 0.2) is 24.3 Å². The summed E-state index contributed by atoms with van der Waals surface area (Å²) >= 11 is 1.54. The maximum absolute atomic E-state index is 12.6. The molecule has 2 heterocycles. The Kier molecular flexibility index (Phi) is 8.74. The van der Waals surface area contributed by atoms with Crippen LogP contribution in [0.25, 0.3) is 0 Å². The monoisotopic (exact) mass is 495 g/mol. The van der Waals surface area contributed by atoms with E-state index in [4.69, 9.17) is 4.74 Å². The Morgan fingerprint density at radius 1 is 1.09 bits per heavy atom. The molecule has 8 nitrogen and oxygen atoms in total. The number of carbonyl (C=O) groups is 2. The van der Waals surface area contributed by atoms with E-state index in [0.717, 1.165) is 68.9 Å². The largest absolute Gasteiger partial charge is 0.378 e. The summed E-state index contributed by atoms with van der Waals surface area (Å²) in [5.41, 5.74) is 3.63. The molecule has 4 rings (SSSR count). The summed E-state index contributed by atoms with van der Waals surface area (Å²) in [4.78, 5) is 30.3. The number of amides is 2. The lowest BCUT2D eigenvalue weighted by atomic mass is 10.1. The van der Waals surface area contributed by atoms with Gasteiger partial charge < -0.3 is 20.3 Å². The van der Waals surface area contributed by atoms with Gasteiger partial charge in [-0.3, -0.25) is 14.5 Å². The van der Waals surface area contributed by atoms with Crippen molar-refractivity contribution in [3.63, 3.8) is 0 Å². The van der Waals surface area contributed by atoms with Crippen LogP contribution in [0.1, 0.15) is 41.7 Å². The van der Waals surface area contributed by atoms with Gasteiger partial charge in [-0.15, -0.1) is 11.3 Å². The predicted octanol–water partition coefficient (Wildman–Crippen LogP) is 3.62. The van der Waals surface area contributed by atoms with Gasteiger partial charge in [0.1, 0.15) is 11.1 Å². The highest BCUT2D eigenvalue weighted by Gasteiger charge is 2.21. The predicted molar refractivity (Wildman–Crippen MR) is 139 cm³/mol. The van der Waals surface area contributed by atoms with Gasteiger partial charge in [-0.2, -0.15) is 5.26 Å². The third kappa shape index (κ3) is 6.82. The lowest BCUT2D eigenvalue weighted by Crippen LogP contribution is -2.36. The fourth-order valence-corrected chi connectivity index (χ4v) is 5.79. The molecule has 35 heavy (non-hydrogen) atoms. The van der Waals surface area contributed by atoms with Gasteiger partial charge in [-0.25, -0.2) is 0 Å². The zero-order valence-electron chi connectivity index (χ0n) is 20.3. The van der Waals surface area contributed by atoms with Gasteiger partial charge in [-0.1, -0.05) is 6.42 Å². The molecule has 186 valence electrons. The molecule has 1 aliphatic heterocycles. The van der Waals surface area contributed by atoms with Crippen molar-refractivity contribution in [3.8, 4) is 6.07 Å². The lowest BCUT2D eigenvalue weighted by molar-refractivity contribution is -0.119. The topological polar surface area (TPSA) is 97.7 Å². The minimum absolute atomic E-state index is 0.124. The van der Waals surface area contributed by atoms with Gasteiger partial charge in [0.2, 0.25) is 11.8 Å². The number of anilines is 3. The Hall–Kier alpha value is -2.93. The number of nitriles is 1. The van der Waals surface area contributed by atoms with E-state index in [-0.39, 0.29) is 24.8 Å². The summed E-state index contributed by atoms with van der Waals surface area (Å²) in [6, 6.07) is 10.1. The molecule has 1 aliphatic carbocycles. The number of hydrogen-bond donors (Lipinski definition) is 2. The van der Waals surface area contributed by atoms with Crippen molar-refractivity contribution in [1.29, 1.82) is 5.26 Å². The summed E-state index contributed by atoms with van der Waals surface area (Å²) in [5, 5.41) is 16.2. The molecular weight excluding hydrogens is 462 g/mol. The second-order valence-electron chi connectivity index (χ2n) is 9.11. The quantitative estimate of drug-likeness (QED) is 0.543. The molecule has 0 atom stereocenters. The van der Waals surface area contributed by atoms with E-state index in [1.54, 1.807) is 11.3 Å². The number of benzene rings is 1. The Balaban J connectivity index is 1.22. The van der Waals surface area contributed by atoms with E-state index in [1.807, 2.05) is 36.2 Å². The zero-order valence-corrected chi connectivity index (χ0v) is 21.1. The molecule has 0 bridgehead atoms. The van der Waals surface area contributed by atoms with Crippen molar-refractivity contribution in [2.45, 2.75) is 38.5 Å². The van der Waals surface area contributed by atoms with Crippen molar-refractivity contribution in [3.05, 3.63) is 40.3 Å². The molecule has 2 amide bonds. The van der Waals surface area contributed by atoms with E-state index >= 15 is 0 Å². The van der Waals surface area contributed by atoms with Gasteiger partial charge in [-0.05, 0) is 62.6 Å². The van der Waals surface area contributed by atoms with Crippen molar-refractivity contribution < 1.29 is 14.3 Å². The molecule has 0 unspecified atom stereocenters. The number of carbonyl (C=O) groups excluding carboxylic acids is 2. The molecule has 1 aromatic heterocycles. The summed E-state index contributed by atoms with van der Waals surface area (Å²) in [6.07, 6.45) is 5.57. The molecule has 2 N–H and O–H groups in total. The number of ether oxygens (including phenoxy) is 1. The number of likely N-dealkylation sites (N-methyl/N-ethyl adjacent to an activating group) is 1. The first-order valence-corrected chi connectivity index (χ1v) is 13.1. The molecule has 1 aromatic carbocycles. The smallest absolute Gasteiger partial charge is 0.238 e. The molecular formula is C26H33N5O3S. The molecule has 1 fully saturated rings. The molecule has 0 saturated carbocycles. The first-order chi connectivity index (χ1) is 17.0. The molecule has 1 saturated heterocycles. The third-order valence-electron chi connectivity index (χ3n) is 6.45. The Morgan fingerprint density at radius 2 is 1.83 bits per heavy atom. The van der Waals surface area contributed by atoms with Crippen LogP contribution in [0.4, 0.5) is 16.4 Å². The average molecular weight is 496 g/mol. The molecule has 9 heteroatoms. The first-order valence-electron chi connectivity index (χ1n) is 12.3. The van der Waals surface area contributed by atoms with Gasteiger partial charge in [0.25, 0.3) is 0 Å². The number of rotatable bonds is 8. The molecule has 2 aliphatic rings. The highest BCUT2D eigenvalue weighted by atomic mass is 32.1. The van der Waals surface area contributed by atoms with Gasteiger partial charge in [0, 0.05) is 42.3 Å². The van der Waals surface area contributed by atoms with Crippen LogP contribution in [-0.4, -0.2) is 63.2 Å². The zero-order chi connectivity index (χ0) is 24.6. The summed E-state index contributed by atoms with van der Waals surface area (Å²) in [6.45, 7) is 3.85. The number of morpholine rings is 1. The molecule has 0 radical (unpaired) electrons. The van der Waals surface area contributed by atoms with Crippen LogP contribution in [0.5, 0.6) is 0 Å². The van der Waals surface area contributed by atoms with Crippen molar-refractivity contribution >= 4 is 39.5 Å². The van der Waals surface area contributed by atoms with E-state index in [2.05, 4.69) is 21.6 Å². The van der Waals surface area contributed by atoms with E-state index in [1.165, 1.54) is 11.3 Å². The highest BCUT2D eigenvalue weighted by Crippen LogP contribution is 2.37. The third-order valence-corrected chi connectivity index (χ3v) is 7.65. The minimum atomic E-state index is -0.135. The SMILES string of the molecule is CN(CCC(=O)Nc1sc2c(c1C#N)CCCCC2)CC(=O)Nc1ccc(N2CCOCC2)cc1. The van der Waals surface area contributed by atoms with Crippen molar-refractivity contribution in [2.24, 2.45) is 0 Å². The normalized spacial score (nSPS) is 15.7. The molecule has 0 spiro atoms. The highest BCUT2D eigenvalue weighted by molar-refractivity contribution is 7.16.